The zero-order chi connectivity index (χ0) is 14.6. The number of alkyl halides is 3. The van der Waals surface area contributed by atoms with Crippen molar-refractivity contribution in [1.29, 1.82) is 0 Å². The SMILES string of the molecule is C=C=Cc1cccc(N(c2ccccc2)C(F)(F)F)c1. The first kappa shape index (κ1) is 14.0. The molecule has 4 heteroatoms. The molecule has 0 aliphatic heterocycles. The monoisotopic (exact) mass is 275 g/mol. The van der Waals surface area contributed by atoms with Gasteiger partial charge in [0, 0.05) is 5.69 Å². The van der Waals surface area contributed by atoms with Gasteiger partial charge in [0.2, 0.25) is 0 Å². The molecule has 20 heavy (non-hydrogen) atoms. The maximum Gasteiger partial charge on any atom is 0.489 e. The quantitative estimate of drug-likeness (QED) is 0.553. The molecule has 2 aromatic rings. The summed E-state index contributed by atoms with van der Waals surface area (Å²) in [6, 6.07) is 13.8. The van der Waals surface area contributed by atoms with Crippen LogP contribution in [0.25, 0.3) is 6.08 Å². The van der Waals surface area contributed by atoms with Gasteiger partial charge in [-0.15, -0.1) is 18.9 Å². The predicted molar refractivity (Wildman–Crippen MR) is 74.7 cm³/mol. The number of anilines is 2. The summed E-state index contributed by atoms with van der Waals surface area (Å²) >= 11 is 0. The first-order valence-corrected chi connectivity index (χ1v) is 5.90. The summed E-state index contributed by atoms with van der Waals surface area (Å²) in [5, 5.41) is 0. The van der Waals surface area contributed by atoms with Crippen molar-refractivity contribution in [3.05, 3.63) is 72.5 Å². The molecule has 0 saturated heterocycles. The van der Waals surface area contributed by atoms with E-state index in [-0.39, 0.29) is 11.4 Å². The molecule has 0 spiro atoms. The van der Waals surface area contributed by atoms with E-state index in [0.29, 0.717) is 10.5 Å². The van der Waals surface area contributed by atoms with Crippen molar-refractivity contribution < 1.29 is 13.2 Å². The van der Waals surface area contributed by atoms with Crippen LogP contribution in [-0.4, -0.2) is 6.30 Å². The fraction of sp³-hybridized carbons (Fsp3) is 0.0625. The molecular weight excluding hydrogens is 263 g/mol. The maximum absolute atomic E-state index is 13.3. The van der Waals surface area contributed by atoms with E-state index in [1.165, 1.54) is 30.3 Å². The van der Waals surface area contributed by atoms with Crippen molar-refractivity contribution in [2.45, 2.75) is 6.30 Å². The van der Waals surface area contributed by atoms with Crippen LogP contribution in [0.5, 0.6) is 0 Å². The Bertz CT molecular complexity index is 626. The second-order valence-electron chi connectivity index (χ2n) is 4.08. The fourth-order valence-electron chi connectivity index (χ4n) is 1.89. The van der Waals surface area contributed by atoms with E-state index < -0.39 is 6.30 Å². The summed E-state index contributed by atoms with van der Waals surface area (Å²) in [6.07, 6.45) is -2.97. The van der Waals surface area contributed by atoms with Crippen LogP contribution < -0.4 is 4.90 Å². The highest BCUT2D eigenvalue weighted by molar-refractivity contribution is 5.67. The van der Waals surface area contributed by atoms with Crippen molar-refractivity contribution in [2.24, 2.45) is 0 Å². The van der Waals surface area contributed by atoms with Gasteiger partial charge in [-0.25, -0.2) is 0 Å². The van der Waals surface area contributed by atoms with Crippen LogP contribution in [0.4, 0.5) is 24.5 Å². The zero-order valence-corrected chi connectivity index (χ0v) is 10.6. The van der Waals surface area contributed by atoms with Gasteiger partial charge in [-0.3, -0.25) is 4.90 Å². The molecule has 0 aromatic heterocycles. The van der Waals surface area contributed by atoms with Gasteiger partial charge in [0.25, 0.3) is 0 Å². The first-order chi connectivity index (χ1) is 9.52. The molecule has 0 fully saturated rings. The van der Waals surface area contributed by atoms with Gasteiger partial charge in [0.05, 0.1) is 5.69 Å². The number of para-hydroxylation sites is 1. The summed E-state index contributed by atoms with van der Waals surface area (Å²) in [5.74, 6) is 0. The number of halogens is 3. The van der Waals surface area contributed by atoms with Crippen molar-refractivity contribution in [3.8, 4) is 0 Å². The van der Waals surface area contributed by atoms with Crippen molar-refractivity contribution >= 4 is 17.5 Å². The Morgan fingerprint density at radius 2 is 1.60 bits per heavy atom. The van der Waals surface area contributed by atoms with Crippen LogP contribution in [0.1, 0.15) is 5.56 Å². The number of rotatable bonds is 3. The van der Waals surface area contributed by atoms with Crippen molar-refractivity contribution in [2.75, 3.05) is 4.90 Å². The standard InChI is InChI=1S/C16H12F3N/c1-2-7-13-8-6-11-15(12-13)20(16(17,18)19)14-9-4-3-5-10-14/h3-12H,1H2. The third-order valence-corrected chi connectivity index (χ3v) is 2.67. The van der Waals surface area contributed by atoms with E-state index in [9.17, 15) is 13.2 Å². The van der Waals surface area contributed by atoms with E-state index >= 15 is 0 Å². The maximum atomic E-state index is 13.3. The fourth-order valence-corrected chi connectivity index (χ4v) is 1.89. The molecule has 0 atom stereocenters. The first-order valence-electron chi connectivity index (χ1n) is 5.90. The minimum atomic E-state index is -4.50. The van der Waals surface area contributed by atoms with E-state index in [4.69, 9.17) is 0 Å². The Morgan fingerprint density at radius 1 is 0.950 bits per heavy atom. The van der Waals surface area contributed by atoms with Crippen molar-refractivity contribution in [1.82, 2.24) is 0 Å². The van der Waals surface area contributed by atoms with E-state index in [2.05, 4.69) is 12.3 Å². The molecule has 0 unspecified atom stereocenters. The number of nitrogens with zero attached hydrogens (tertiary/aromatic N) is 1. The molecular formula is C16H12F3N. The normalized spacial score (nSPS) is 10.8. The second kappa shape index (κ2) is 5.68. The molecule has 102 valence electrons. The van der Waals surface area contributed by atoms with E-state index in [1.807, 2.05) is 0 Å². The molecule has 1 nitrogen and oxygen atoms in total. The molecule has 0 aliphatic rings. The second-order valence-corrected chi connectivity index (χ2v) is 4.08. The van der Waals surface area contributed by atoms with Gasteiger partial charge in [0.1, 0.15) is 0 Å². The van der Waals surface area contributed by atoms with Crippen LogP contribution in [0.2, 0.25) is 0 Å². The van der Waals surface area contributed by atoms with E-state index in [0.717, 1.165) is 0 Å². The minimum Gasteiger partial charge on any atom is -0.253 e. The average Bonchev–Trinajstić information content (AvgIpc) is 2.39. The number of hydrogen-bond donors (Lipinski definition) is 0. The molecule has 0 heterocycles. The van der Waals surface area contributed by atoms with Crippen molar-refractivity contribution in [3.63, 3.8) is 0 Å². The van der Waals surface area contributed by atoms with Crippen LogP contribution in [-0.2, 0) is 0 Å². The molecule has 0 amide bonds. The third-order valence-electron chi connectivity index (χ3n) is 2.67. The lowest BCUT2D eigenvalue weighted by molar-refractivity contribution is -0.120. The van der Waals surface area contributed by atoms with Gasteiger partial charge in [-0.2, -0.15) is 0 Å². The van der Waals surface area contributed by atoms with E-state index in [1.54, 1.807) is 30.3 Å². The van der Waals surface area contributed by atoms with Crippen LogP contribution >= 0.6 is 0 Å². The Hall–Kier alpha value is -2.45. The summed E-state index contributed by atoms with van der Waals surface area (Å²) in [5.41, 5.74) is 3.29. The topological polar surface area (TPSA) is 3.24 Å². The summed E-state index contributed by atoms with van der Waals surface area (Å²) in [6.45, 7) is 3.42. The molecule has 0 N–H and O–H groups in total. The van der Waals surface area contributed by atoms with Crippen LogP contribution in [0.15, 0.2) is 66.9 Å². The highest BCUT2D eigenvalue weighted by Gasteiger charge is 2.38. The lowest BCUT2D eigenvalue weighted by Crippen LogP contribution is -2.33. The minimum absolute atomic E-state index is 0.0488. The molecule has 0 aliphatic carbocycles. The van der Waals surface area contributed by atoms with Gasteiger partial charge in [-0.1, -0.05) is 36.9 Å². The highest BCUT2D eigenvalue weighted by Crippen LogP contribution is 2.36. The zero-order valence-electron chi connectivity index (χ0n) is 10.6. The Morgan fingerprint density at radius 3 is 2.20 bits per heavy atom. The largest absolute Gasteiger partial charge is 0.489 e. The summed E-state index contributed by atoms with van der Waals surface area (Å²) in [4.78, 5) is 0.341. The Kier molecular flexibility index (Phi) is 3.97. The van der Waals surface area contributed by atoms with Gasteiger partial charge in [-0.05, 0) is 35.9 Å². The summed E-state index contributed by atoms with van der Waals surface area (Å²) in [7, 11) is 0. The molecule has 0 saturated carbocycles. The lowest BCUT2D eigenvalue weighted by Gasteiger charge is -2.27. The third kappa shape index (κ3) is 3.11. The average molecular weight is 275 g/mol. The summed E-state index contributed by atoms with van der Waals surface area (Å²) < 4.78 is 39.9. The van der Waals surface area contributed by atoms with Crippen LogP contribution in [0, 0.1) is 0 Å². The van der Waals surface area contributed by atoms with Gasteiger partial charge >= 0.3 is 6.30 Å². The van der Waals surface area contributed by atoms with Gasteiger partial charge < -0.3 is 0 Å². The number of hydrogen-bond acceptors (Lipinski definition) is 1. The Labute approximate surface area is 115 Å². The van der Waals surface area contributed by atoms with Gasteiger partial charge in [0.15, 0.2) is 0 Å². The van der Waals surface area contributed by atoms with Crippen LogP contribution in [0.3, 0.4) is 0 Å². The molecule has 0 bridgehead atoms. The number of benzene rings is 2. The Balaban J connectivity index is 2.53. The predicted octanol–water partition coefficient (Wildman–Crippen LogP) is 5.14. The smallest absolute Gasteiger partial charge is 0.253 e. The molecule has 0 radical (unpaired) electrons. The molecule has 2 aromatic carbocycles. The molecule has 2 rings (SSSR count). The lowest BCUT2D eigenvalue weighted by atomic mass is 10.1. The highest BCUT2D eigenvalue weighted by atomic mass is 19.4.